The number of hydrogen-bond donors (Lipinski definition) is 1. The van der Waals surface area contributed by atoms with Gasteiger partial charge in [-0.15, -0.1) is 0 Å². The average molecular weight is 365 g/mol. The summed E-state index contributed by atoms with van der Waals surface area (Å²) in [5.74, 6) is 0. The SMILES string of the molecule is CCCCCCCCOP(=O)(O)OCCN(CCCC)CCCC. The summed E-state index contributed by atoms with van der Waals surface area (Å²) in [5.41, 5.74) is 0. The van der Waals surface area contributed by atoms with Gasteiger partial charge >= 0.3 is 7.82 Å². The van der Waals surface area contributed by atoms with E-state index in [-0.39, 0.29) is 6.61 Å². The average Bonchev–Trinajstić information content (AvgIpc) is 2.55. The van der Waals surface area contributed by atoms with Crippen LogP contribution in [0.15, 0.2) is 0 Å². The summed E-state index contributed by atoms with van der Waals surface area (Å²) in [4.78, 5) is 12.0. The Morgan fingerprint density at radius 3 is 1.79 bits per heavy atom. The largest absolute Gasteiger partial charge is 0.472 e. The van der Waals surface area contributed by atoms with Crippen molar-refractivity contribution in [2.24, 2.45) is 0 Å². The molecule has 0 saturated carbocycles. The predicted octanol–water partition coefficient (Wildman–Crippen LogP) is 5.38. The van der Waals surface area contributed by atoms with Crippen LogP contribution >= 0.6 is 7.82 Å². The fourth-order valence-corrected chi connectivity index (χ4v) is 3.23. The molecule has 0 amide bonds. The van der Waals surface area contributed by atoms with Gasteiger partial charge in [0, 0.05) is 6.54 Å². The van der Waals surface area contributed by atoms with E-state index < -0.39 is 7.82 Å². The van der Waals surface area contributed by atoms with Crippen LogP contribution in [0, 0.1) is 0 Å². The van der Waals surface area contributed by atoms with E-state index >= 15 is 0 Å². The zero-order valence-corrected chi connectivity index (χ0v) is 17.1. The first-order valence-electron chi connectivity index (χ1n) is 9.90. The summed E-state index contributed by atoms with van der Waals surface area (Å²) in [6.45, 7) is 9.81. The Kier molecular flexibility index (Phi) is 16.6. The lowest BCUT2D eigenvalue weighted by molar-refractivity contribution is 0.128. The van der Waals surface area contributed by atoms with Gasteiger partial charge in [0.15, 0.2) is 0 Å². The lowest BCUT2D eigenvalue weighted by Crippen LogP contribution is -2.29. The number of rotatable bonds is 18. The first kappa shape index (κ1) is 24.1. The van der Waals surface area contributed by atoms with Crippen molar-refractivity contribution in [1.82, 2.24) is 4.90 Å². The van der Waals surface area contributed by atoms with Gasteiger partial charge in [0.25, 0.3) is 0 Å². The summed E-state index contributed by atoms with van der Waals surface area (Å²) < 4.78 is 22.0. The minimum absolute atomic E-state index is 0.248. The number of phosphoric acid groups is 1. The van der Waals surface area contributed by atoms with Crippen LogP contribution < -0.4 is 0 Å². The van der Waals surface area contributed by atoms with Crippen LogP contribution in [0.3, 0.4) is 0 Å². The maximum atomic E-state index is 11.9. The molecule has 0 bridgehead atoms. The van der Waals surface area contributed by atoms with Crippen LogP contribution in [-0.2, 0) is 13.6 Å². The Labute approximate surface area is 149 Å². The molecule has 0 spiro atoms. The van der Waals surface area contributed by atoms with E-state index in [1.165, 1.54) is 19.3 Å². The Hall–Kier alpha value is 0.0700. The fourth-order valence-electron chi connectivity index (χ4n) is 2.48. The first-order valence-corrected chi connectivity index (χ1v) is 11.4. The minimum atomic E-state index is -3.89. The van der Waals surface area contributed by atoms with Crippen LogP contribution in [0.5, 0.6) is 0 Å². The summed E-state index contributed by atoms with van der Waals surface area (Å²) in [6.07, 6.45) is 11.3. The van der Waals surface area contributed by atoms with Crippen LogP contribution in [0.25, 0.3) is 0 Å². The second-order valence-corrected chi connectivity index (χ2v) is 7.91. The molecule has 5 nitrogen and oxygen atoms in total. The molecule has 0 saturated heterocycles. The van der Waals surface area contributed by atoms with E-state index in [1.54, 1.807) is 0 Å². The van der Waals surface area contributed by atoms with Gasteiger partial charge in [-0.1, -0.05) is 65.7 Å². The molecule has 24 heavy (non-hydrogen) atoms. The van der Waals surface area contributed by atoms with Crippen molar-refractivity contribution in [3.8, 4) is 0 Å². The van der Waals surface area contributed by atoms with Crippen molar-refractivity contribution in [2.45, 2.75) is 85.0 Å². The molecule has 0 aromatic rings. The highest BCUT2D eigenvalue weighted by atomic mass is 31.2. The van der Waals surface area contributed by atoms with E-state index in [2.05, 4.69) is 25.7 Å². The molecule has 0 fully saturated rings. The summed E-state index contributed by atoms with van der Waals surface area (Å²) in [5, 5.41) is 0. The lowest BCUT2D eigenvalue weighted by Gasteiger charge is -2.22. The molecular formula is C18H40NO4P. The zero-order chi connectivity index (χ0) is 18.1. The molecule has 0 aromatic heterocycles. The van der Waals surface area contributed by atoms with Crippen molar-refractivity contribution >= 4 is 7.82 Å². The molecular weight excluding hydrogens is 325 g/mol. The van der Waals surface area contributed by atoms with Gasteiger partial charge in [-0.05, 0) is 32.4 Å². The summed E-state index contributed by atoms with van der Waals surface area (Å²) in [6, 6.07) is 0. The van der Waals surface area contributed by atoms with Gasteiger partial charge in [-0.3, -0.25) is 9.05 Å². The third-order valence-corrected chi connectivity index (χ3v) is 5.09. The lowest BCUT2D eigenvalue weighted by atomic mass is 10.1. The Morgan fingerprint density at radius 2 is 1.21 bits per heavy atom. The Morgan fingerprint density at radius 1 is 0.708 bits per heavy atom. The maximum Gasteiger partial charge on any atom is 0.472 e. The van der Waals surface area contributed by atoms with Gasteiger partial charge < -0.3 is 9.79 Å². The van der Waals surface area contributed by atoms with E-state index in [1.807, 2.05) is 0 Å². The summed E-state index contributed by atoms with van der Waals surface area (Å²) in [7, 11) is -3.89. The van der Waals surface area contributed by atoms with Gasteiger partial charge in [0.2, 0.25) is 0 Å². The van der Waals surface area contributed by atoms with Crippen molar-refractivity contribution in [1.29, 1.82) is 0 Å². The molecule has 0 aliphatic carbocycles. The van der Waals surface area contributed by atoms with E-state index in [0.717, 1.165) is 58.0 Å². The molecule has 146 valence electrons. The third kappa shape index (κ3) is 15.6. The van der Waals surface area contributed by atoms with Gasteiger partial charge in [-0.2, -0.15) is 0 Å². The first-order chi connectivity index (χ1) is 11.6. The Bertz CT molecular complexity index is 307. The smallest absolute Gasteiger partial charge is 0.302 e. The molecule has 1 unspecified atom stereocenters. The summed E-state index contributed by atoms with van der Waals surface area (Å²) >= 11 is 0. The number of nitrogens with zero attached hydrogens (tertiary/aromatic N) is 1. The van der Waals surface area contributed by atoms with Crippen LogP contribution in [0.4, 0.5) is 0 Å². The van der Waals surface area contributed by atoms with Crippen molar-refractivity contribution < 1.29 is 18.5 Å². The quantitative estimate of drug-likeness (QED) is 0.261. The molecule has 0 rings (SSSR count). The van der Waals surface area contributed by atoms with Crippen LogP contribution in [0.2, 0.25) is 0 Å². The van der Waals surface area contributed by atoms with E-state index in [9.17, 15) is 9.46 Å². The van der Waals surface area contributed by atoms with Crippen LogP contribution in [-0.4, -0.2) is 42.6 Å². The molecule has 0 aliphatic rings. The monoisotopic (exact) mass is 365 g/mol. The number of phosphoric ester groups is 1. The second kappa shape index (κ2) is 16.5. The highest BCUT2D eigenvalue weighted by Gasteiger charge is 2.20. The minimum Gasteiger partial charge on any atom is -0.302 e. The van der Waals surface area contributed by atoms with Gasteiger partial charge in [-0.25, -0.2) is 4.57 Å². The number of hydrogen-bond acceptors (Lipinski definition) is 4. The second-order valence-electron chi connectivity index (χ2n) is 6.45. The van der Waals surface area contributed by atoms with Gasteiger partial charge in [0.1, 0.15) is 0 Å². The van der Waals surface area contributed by atoms with E-state index in [0.29, 0.717) is 13.2 Å². The molecule has 1 atom stereocenters. The fraction of sp³-hybridized carbons (Fsp3) is 1.00. The zero-order valence-electron chi connectivity index (χ0n) is 16.2. The van der Waals surface area contributed by atoms with Gasteiger partial charge in [0.05, 0.1) is 13.2 Å². The Balaban J connectivity index is 3.80. The third-order valence-electron chi connectivity index (χ3n) is 4.07. The van der Waals surface area contributed by atoms with E-state index in [4.69, 9.17) is 9.05 Å². The normalized spacial score (nSPS) is 14.2. The topological polar surface area (TPSA) is 59.0 Å². The predicted molar refractivity (Wildman–Crippen MR) is 101 cm³/mol. The van der Waals surface area contributed by atoms with Crippen molar-refractivity contribution in [3.63, 3.8) is 0 Å². The number of unbranched alkanes of at least 4 members (excludes halogenated alkanes) is 7. The standard InChI is InChI=1S/C18H40NO4P/c1-4-7-10-11-12-13-17-22-24(20,21)23-18-16-19(14-8-5-2)15-9-6-3/h4-18H2,1-3H3,(H,20,21). The molecule has 0 aliphatic heterocycles. The molecule has 0 aromatic carbocycles. The molecule has 6 heteroatoms. The molecule has 0 radical (unpaired) electrons. The maximum absolute atomic E-state index is 11.9. The van der Waals surface area contributed by atoms with Crippen LogP contribution in [0.1, 0.15) is 85.0 Å². The molecule has 1 N–H and O–H groups in total. The highest BCUT2D eigenvalue weighted by Crippen LogP contribution is 2.43. The molecule has 0 heterocycles. The van der Waals surface area contributed by atoms with Crippen molar-refractivity contribution in [3.05, 3.63) is 0 Å². The highest BCUT2D eigenvalue weighted by molar-refractivity contribution is 7.47. The van der Waals surface area contributed by atoms with Crippen molar-refractivity contribution in [2.75, 3.05) is 32.8 Å².